The lowest BCUT2D eigenvalue weighted by molar-refractivity contribution is -0.142. The summed E-state index contributed by atoms with van der Waals surface area (Å²) in [6, 6.07) is -0.553. The summed E-state index contributed by atoms with van der Waals surface area (Å²) in [5.41, 5.74) is 6.28. The van der Waals surface area contributed by atoms with Gasteiger partial charge in [-0.05, 0) is 13.3 Å². The Kier molecular flexibility index (Phi) is 7.36. The van der Waals surface area contributed by atoms with Gasteiger partial charge < -0.3 is 10.5 Å². The van der Waals surface area contributed by atoms with Crippen molar-refractivity contribution in [3.05, 3.63) is 12.2 Å². The Hall–Kier alpha value is -0.540. The maximum Gasteiger partial charge on any atom is 0.322 e. The second-order valence-corrected chi connectivity index (χ2v) is 2.29. The van der Waals surface area contributed by atoms with Crippen molar-refractivity contribution in [2.45, 2.75) is 19.4 Å². The summed E-state index contributed by atoms with van der Waals surface area (Å²) >= 11 is 0. The molecular weight excluding hydrogens is 166 g/mol. The molecule has 0 saturated carbocycles. The molecule has 0 saturated heterocycles. The SMILES string of the molecule is C=C(C)CC(N)C(=O)OC.Cl. The van der Waals surface area contributed by atoms with Crippen LogP contribution >= 0.6 is 12.4 Å². The van der Waals surface area contributed by atoms with Gasteiger partial charge in [0.15, 0.2) is 0 Å². The average Bonchev–Trinajstić information content (AvgIpc) is 1.85. The number of nitrogens with two attached hydrogens (primary N) is 1. The first-order chi connectivity index (χ1) is 4.57. The van der Waals surface area contributed by atoms with Crippen LogP contribution in [0.1, 0.15) is 13.3 Å². The highest BCUT2D eigenvalue weighted by atomic mass is 35.5. The molecule has 1 unspecified atom stereocenters. The third-order valence-electron chi connectivity index (χ3n) is 1.07. The number of esters is 1. The summed E-state index contributed by atoms with van der Waals surface area (Å²) in [5.74, 6) is -0.386. The highest BCUT2D eigenvalue weighted by Crippen LogP contribution is 1.99. The third kappa shape index (κ3) is 5.88. The predicted molar refractivity (Wildman–Crippen MR) is 46.7 cm³/mol. The number of hydrogen-bond donors (Lipinski definition) is 1. The number of hydrogen-bond acceptors (Lipinski definition) is 3. The molecular formula is C7H14ClNO2. The fourth-order valence-electron chi connectivity index (χ4n) is 0.610. The Morgan fingerprint density at radius 2 is 2.18 bits per heavy atom. The zero-order valence-corrected chi connectivity index (χ0v) is 7.61. The highest BCUT2D eigenvalue weighted by Gasteiger charge is 2.12. The molecule has 66 valence electrons. The van der Waals surface area contributed by atoms with E-state index in [4.69, 9.17) is 5.73 Å². The Bertz CT molecular complexity index is 147. The van der Waals surface area contributed by atoms with Crippen molar-refractivity contribution in [2.75, 3.05) is 7.11 Å². The van der Waals surface area contributed by atoms with Crippen LogP contribution in [0.3, 0.4) is 0 Å². The van der Waals surface area contributed by atoms with Crippen LogP contribution in [0.4, 0.5) is 0 Å². The number of ether oxygens (including phenoxy) is 1. The summed E-state index contributed by atoms with van der Waals surface area (Å²) in [6.07, 6.45) is 0.493. The molecule has 1 atom stereocenters. The molecule has 0 aliphatic rings. The van der Waals surface area contributed by atoms with Crippen molar-refractivity contribution in [1.82, 2.24) is 0 Å². The van der Waals surface area contributed by atoms with Crippen molar-refractivity contribution < 1.29 is 9.53 Å². The molecule has 0 rings (SSSR count). The molecule has 0 aliphatic carbocycles. The van der Waals surface area contributed by atoms with Gasteiger partial charge in [-0.15, -0.1) is 19.0 Å². The van der Waals surface area contributed by atoms with Crippen molar-refractivity contribution >= 4 is 18.4 Å². The number of carbonyl (C=O) groups excluding carboxylic acids is 1. The standard InChI is InChI=1S/C7H13NO2.ClH/c1-5(2)4-6(8)7(9)10-3;/h6H,1,4,8H2,2-3H3;1H. The Balaban J connectivity index is 0. The first kappa shape index (κ1) is 13.1. The zero-order chi connectivity index (χ0) is 8.15. The molecule has 0 aromatic heterocycles. The number of carbonyl (C=O) groups is 1. The van der Waals surface area contributed by atoms with Gasteiger partial charge in [-0.1, -0.05) is 5.57 Å². The Morgan fingerprint density at radius 1 is 1.73 bits per heavy atom. The van der Waals surface area contributed by atoms with Crippen LogP contribution in [0.15, 0.2) is 12.2 Å². The Labute approximate surface area is 73.0 Å². The predicted octanol–water partition coefficient (Wildman–Crippen LogP) is 0.875. The second-order valence-electron chi connectivity index (χ2n) is 2.29. The van der Waals surface area contributed by atoms with Crippen LogP contribution < -0.4 is 5.73 Å². The minimum Gasteiger partial charge on any atom is -0.468 e. The molecule has 4 heteroatoms. The first-order valence-electron chi connectivity index (χ1n) is 3.05. The van der Waals surface area contributed by atoms with E-state index < -0.39 is 6.04 Å². The molecule has 0 aliphatic heterocycles. The van der Waals surface area contributed by atoms with Crippen LogP contribution in [-0.4, -0.2) is 19.1 Å². The van der Waals surface area contributed by atoms with Crippen LogP contribution in [0, 0.1) is 0 Å². The maximum atomic E-state index is 10.7. The average molecular weight is 180 g/mol. The first-order valence-corrected chi connectivity index (χ1v) is 3.05. The lowest BCUT2D eigenvalue weighted by Crippen LogP contribution is -2.31. The lowest BCUT2D eigenvalue weighted by atomic mass is 10.1. The smallest absolute Gasteiger partial charge is 0.322 e. The van der Waals surface area contributed by atoms with Crippen molar-refractivity contribution in [3.8, 4) is 0 Å². The van der Waals surface area contributed by atoms with Gasteiger partial charge in [-0.25, -0.2) is 0 Å². The van der Waals surface area contributed by atoms with Gasteiger partial charge in [0, 0.05) is 0 Å². The third-order valence-corrected chi connectivity index (χ3v) is 1.07. The number of halogens is 1. The molecule has 0 radical (unpaired) electrons. The number of methoxy groups -OCH3 is 1. The molecule has 2 N–H and O–H groups in total. The van der Waals surface area contributed by atoms with Gasteiger partial charge in [0.2, 0.25) is 0 Å². The van der Waals surface area contributed by atoms with E-state index in [1.54, 1.807) is 0 Å². The summed E-state index contributed by atoms with van der Waals surface area (Å²) in [4.78, 5) is 10.7. The molecule has 11 heavy (non-hydrogen) atoms. The van der Waals surface area contributed by atoms with Crippen molar-refractivity contribution in [2.24, 2.45) is 5.73 Å². The molecule has 3 nitrogen and oxygen atoms in total. The van der Waals surface area contributed by atoms with Crippen LogP contribution in [-0.2, 0) is 9.53 Å². The molecule has 0 aromatic carbocycles. The number of rotatable bonds is 3. The van der Waals surface area contributed by atoms with Gasteiger partial charge in [0.25, 0.3) is 0 Å². The topological polar surface area (TPSA) is 52.3 Å². The van der Waals surface area contributed by atoms with Crippen LogP contribution in [0.25, 0.3) is 0 Å². The van der Waals surface area contributed by atoms with E-state index in [1.165, 1.54) is 7.11 Å². The molecule has 0 spiro atoms. The van der Waals surface area contributed by atoms with Crippen molar-refractivity contribution in [1.29, 1.82) is 0 Å². The van der Waals surface area contributed by atoms with Crippen LogP contribution in [0.5, 0.6) is 0 Å². The van der Waals surface area contributed by atoms with Gasteiger partial charge in [0.1, 0.15) is 6.04 Å². The summed E-state index contributed by atoms with van der Waals surface area (Å²) < 4.78 is 4.41. The monoisotopic (exact) mass is 179 g/mol. The lowest BCUT2D eigenvalue weighted by Gasteiger charge is -2.07. The molecule has 0 fully saturated rings. The zero-order valence-electron chi connectivity index (χ0n) is 6.79. The van der Waals surface area contributed by atoms with E-state index in [9.17, 15) is 4.79 Å². The molecule has 0 aromatic rings. The minimum absolute atomic E-state index is 0. The van der Waals surface area contributed by atoms with Gasteiger partial charge >= 0.3 is 5.97 Å². The van der Waals surface area contributed by atoms with Gasteiger partial charge in [0.05, 0.1) is 7.11 Å². The fourth-order valence-corrected chi connectivity index (χ4v) is 0.610. The molecule has 0 heterocycles. The highest BCUT2D eigenvalue weighted by molar-refractivity contribution is 5.85. The quantitative estimate of drug-likeness (QED) is 0.517. The molecule has 0 bridgehead atoms. The second kappa shape index (κ2) is 6.19. The van der Waals surface area contributed by atoms with E-state index in [-0.39, 0.29) is 18.4 Å². The van der Waals surface area contributed by atoms with Crippen LogP contribution in [0.2, 0.25) is 0 Å². The largest absolute Gasteiger partial charge is 0.468 e. The van der Waals surface area contributed by atoms with E-state index in [0.717, 1.165) is 5.57 Å². The minimum atomic E-state index is -0.553. The van der Waals surface area contributed by atoms with E-state index in [0.29, 0.717) is 6.42 Å². The maximum absolute atomic E-state index is 10.7. The summed E-state index contributed by atoms with van der Waals surface area (Å²) in [7, 11) is 1.32. The summed E-state index contributed by atoms with van der Waals surface area (Å²) in [6.45, 7) is 5.45. The summed E-state index contributed by atoms with van der Waals surface area (Å²) in [5, 5.41) is 0. The van der Waals surface area contributed by atoms with Gasteiger partial charge in [-0.3, -0.25) is 4.79 Å². The van der Waals surface area contributed by atoms with E-state index >= 15 is 0 Å². The van der Waals surface area contributed by atoms with E-state index in [1.807, 2.05) is 6.92 Å². The van der Waals surface area contributed by atoms with Gasteiger partial charge in [-0.2, -0.15) is 0 Å². The van der Waals surface area contributed by atoms with E-state index in [2.05, 4.69) is 11.3 Å². The molecule has 0 amide bonds. The Morgan fingerprint density at radius 3 is 2.45 bits per heavy atom. The fraction of sp³-hybridized carbons (Fsp3) is 0.571. The normalized spacial score (nSPS) is 11.2. The van der Waals surface area contributed by atoms with Crippen molar-refractivity contribution in [3.63, 3.8) is 0 Å².